The number of nitrogens with zero attached hydrogens (tertiary/aromatic N) is 2. The normalized spacial score (nSPS) is 14.8. The Morgan fingerprint density at radius 2 is 1.68 bits per heavy atom. The molecule has 1 aliphatic rings. The number of piperidine rings is 1. The van der Waals surface area contributed by atoms with Gasteiger partial charge in [0.25, 0.3) is 5.91 Å². The number of nitrogens with one attached hydrogen (secondary N) is 1. The molecule has 2 aromatic carbocycles. The summed E-state index contributed by atoms with van der Waals surface area (Å²) in [4.78, 5) is 27.6. The molecular formula is C25H29N3O5S. The highest BCUT2D eigenvalue weighted by Gasteiger charge is 2.25. The maximum absolute atomic E-state index is 12.8. The first-order valence-corrected chi connectivity index (χ1v) is 13.0. The molecule has 34 heavy (non-hydrogen) atoms. The first-order chi connectivity index (χ1) is 16.3. The SMILES string of the molecule is CCN(CC)c1ccc2cc(C(=O)Nc3ccc(S(=O)(=O)N4CCCCC4)cc3)c(=O)oc2c1. The molecule has 0 aliphatic carbocycles. The van der Waals surface area contributed by atoms with Gasteiger partial charge in [0, 0.05) is 49.0 Å². The van der Waals surface area contributed by atoms with Gasteiger partial charge in [0.15, 0.2) is 0 Å². The number of hydrogen-bond acceptors (Lipinski definition) is 6. The maximum Gasteiger partial charge on any atom is 0.349 e. The van der Waals surface area contributed by atoms with E-state index in [4.69, 9.17) is 4.42 Å². The van der Waals surface area contributed by atoms with Crippen LogP contribution in [0, 0.1) is 0 Å². The summed E-state index contributed by atoms with van der Waals surface area (Å²) in [6.07, 6.45) is 2.76. The zero-order valence-corrected chi connectivity index (χ0v) is 20.2. The molecule has 1 saturated heterocycles. The van der Waals surface area contributed by atoms with Gasteiger partial charge in [0.05, 0.1) is 4.90 Å². The van der Waals surface area contributed by atoms with Gasteiger partial charge in [-0.05, 0) is 69.2 Å². The Morgan fingerprint density at radius 3 is 2.32 bits per heavy atom. The smallest absolute Gasteiger partial charge is 0.349 e. The number of anilines is 2. The predicted molar refractivity (Wildman–Crippen MR) is 133 cm³/mol. The van der Waals surface area contributed by atoms with Gasteiger partial charge in [0.1, 0.15) is 11.1 Å². The monoisotopic (exact) mass is 483 g/mol. The van der Waals surface area contributed by atoms with Gasteiger partial charge in [-0.1, -0.05) is 6.42 Å². The Bertz CT molecular complexity index is 1340. The van der Waals surface area contributed by atoms with Gasteiger partial charge in [-0.2, -0.15) is 4.31 Å². The van der Waals surface area contributed by atoms with E-state index in [0.717, 1.165) is 38.0 Å². The van der Waals surface area contributed by atoms with Crippen molar-refractivity contribution in [1.29, 1.82) is 0 Å². The van der Waals surface area contributed by atoms with Crippen LogP contribution < -0.4 is 15.8 Å². The fourth-order valence-corrected chi connectivity index (χ4v) is 5.72. The average molecular weight is 484 g/mol. The van der Waals surface area contributed by atoms with E-state index in [1.165, 1.54) is 34.6 Å². The van der Waals surface area contributed by atoms with Crippen LogP contribution in [-0.2, 0) is 10.0 Å². The molecule has 2 heterocycles. The summed E-state index contributed by atoms with van der Waals surface area (Å²) < 4.78 is 32.5. The number of hydrogen-bond donors (Lipinski definition) is 1. The molecule has 0 radical (unpaired) electrons. The second kappa shape index (κ2) is 9.99. The standard InChI is InChI=1S/C25H29N3O5S/c1-3-27(4-2)20-11-8-18-16-22(25(30)33-23(18)17-20)24(29)26-19-9-12-21(13-10-19)34(31,32)28-14-6-5-7-15-28/h8-13,16-17H,3-7,14-15H2,1-2H3,(H,26,29). The lowest BCUT2D eigenvalue weighted by Gasteiger charge is -2.25. The van der Waals surface area contributed by atoms with Crippen LogP contribution in [0.25, 0.3) is 11.0 Å². The number of carbonyl (C=O) groups excluding carboxylic acids is 1. The van der Waals surface area contributed by atoms with Crippen molar-refractivity contribution in [2.75, 3.05) is 36.4 Å². The number of fused-ring (bicyclic) bond motifs is 1. The molecule has 0 bridgehead atoms. The number of benzene rings is 2. The van der Waals surface area contributed by atoms with E-state index in [1.54, 1.807) is 6.07 Å². The quantitative estimate of drug-likeness (QED) is 0.509. The highest BCUT2D eigenvalue weighted by molar-refractivity contribution is 7.89. The Labute approximate surface area is 199 Å². The fourth-order valence-electron chi connectivity index (χ4n) is 4.21. The Hall–Kier alpha value is -3.17. The summed E-state index contributed by atoms with van der Waals surface area (Å²) in [5, 5.41) is 3.30. The minimum atomic E-state index is -3.55. The summed E-state index contributed by atoms with van der Waals surface area (Å²) in [7, 11) is -3.55. The van der Waals surface area contributed by atoms with Crippen LogP contribution >= 0.6 is 0 Å². The third-order valence-electron chi connectivity index (χ3n) is 6.16. The zero-order valence-electron chi connectivity index (χ0n) is 19.4. The van der Waals surface area contributed by atoms with Crippen molar-refractivity contribution >= 4 is 38.3 Å². The fraction of sp³-hybridized carbons (Fsp3) is 0.360. The lowest BCUT2D eigenvalue weighted by atomic mass is 10.1. The molecule has 0 atom stereocenters. The van der Waals surface area contributed by atoms with E-state index in [1.807, 2.05) is 26.0 Å². The van der Waals surface area contributed by atoms with E-state index >= 15 is 0 Å². The number of sulfonamides is 1. The summed E-state index contributed by atoms with van der Waals surface area (Å²) in [6, 6.07) is 13.0. The van der Waals surface area contributed by atoms with Crippen LogP contribution in [-0.4, -0.2) is 44.8 Å². The summed E-state index contributed by atoms with van der Waals surface area (Å²) >= 11 is 0. The second-order valence-electron chi connectivity index (χ2n) is 8.29. The molecule has 1 aliphatic heterocycles. The van der Waals surface area contributed by atoms with Crippen LogP contribution in [0.15, 0.2) is 62.6 Å². The molecule has 1 amide bonds. The van der Waals surface area contributed by atoms with Crippen LogP contribution in [0.3, 0.4) is 0 Å². The highest BCUT2D eigenvalue weighted by atomic mass is 32.2. The number of carbonyl (C=O) groups is 1. The van der Waals surface area contributed by atoms with Crippen molar-refractivity contribution in [3.05, 3.63) is 64.5 Å². The van der Waals surface area contributed by atoms with Crippen LogP contribution in [0.2, 0.25) is 0 Å². The van der Waals surface area contributed by atoms with Crippen molar-refractivity contribution in [2.45, 2.75) is 38.0 Å². The van der Waals surface area contributed by atoms with Gasteiger partial charge < -0.3 is 14.6 Å². The molecule has 1 aromatic heterocycles. The molecule has 0 spiro atoms. The zero-order chi connectivity index (χ0) is 24.3. The lowest BCUT2D eigenvalue weighted by Crippen LogP contribution is -2.35. The van der Waals surface area contributed by atoms with Crippen LogP contribution in [0.5, 0.6) is 0 Å². The molecule has 8 nitrogen and oxygen atoms in total. The van der Waals surface area contributed by atoms with Gasteiger partial charge in [-0.15, -0.1) is 0 Å². The number of amides is 1. The first kappa shape index (κ1) is 24.0. The largest absolute Gasteiger partial charge is 0.422 e. The molecule has 3 aromatic rings. The Balaban J connectivity index is 1.53. The molecule has 1 N–H and O–H groups in total. The van der Waals surface area contributed by atoms with E-state index in [2.05, 4.69) is 10.2 Å². The summed E-state index contributed by atoms with van der Waals surface area (Å²) in [6.45, 7) is 6.79. The Kier molecular flexibility index (Phi) is 7.04. The van der Waals surface area contributed by atoms with E-state index in [-0.39, 0.29) is 10.5 Å². The van der Waals surface area contributed by atoms with Crippen LogP contribution in [0.4, 0.5) is 11.4 Å². The Morgan fingerprint density at radius 1 is 1.00 bits per heavy atom. The minimum Gasteiger partial charge on any atom is -0.422 e. The summed E-state index contributed by atoms with van der Waals surface area (Å²) in [5.41, 5.74) is 0.897. The topological polar surface area (TPSA) is 99.9 Å². The predicted octanol–water partition coefficient (Wildman–Crippen LogP) is 4.07. The van der Waals surface area contributed by atoms with Gasteiger partial charge in [0.2, 0.25) is 10.0 Å². The van der Waals surface area contributed by atoms with Gasteiger partial charge in [-0.3, -0.25) is 4.79 Å². The minimum absolute atomic E-state index is 0.117. The third-order valence-corrected chi connectivity index (χ3v) is 8.07. The maximum atomic E-state index is 12.8. The molecular weight excluding hydrogens is 454 g/mol. The molecule has 0 unspecified atom stereocenters. The molecule has 180 valence electrons. The van der Waals surface area contributed by atoms with Crippen molar-refractivity contribution in [1.82, 2.24) is 4.31 Å². The molecule has 4 rings (SSSR count). The van der Waals surface area contributed by atoms with Gasteiger partial charge >= 0.3 is 5.63 Å². The van der Waals surface area contributed by atoms with Crippen LogP contribution in [0.1, 0.15) is 43.5 Å². The van der Waals surface area contributed by atoms with E-state index in [9.17, 15) is 18.0 Å². The van der Waals surface area contributed by atoms with E-state index in [0.29, 0.717) is 29.7 Å². The molecule has 0 saturated carbocycles. The highest BCUT2D eigenvalue weighted by Crippen LogP contribution is 2.24. The lowest BCUT2D eigenvalue weighted by molar-refractivity contribution is 0.102. The average Bonchev–Trinajstić information content (AvgIpc) is 2.85. The van der Waals surface area contributed by atoms with Crippen molar-refractivity contribution in [3.63, 3.8) is 0 Å². The number of rotatable bonds is 7. The molecule has 9 heteroatoms. The second-order valence-corrected chi connectivity index (χ2v) is 10.2. The van der Waals surface area contributed by atoms with Crippen molar-refractivity contribution in [2.24, 2.45) is 0 Å². The third kappa shape index (κ3) is 4.85. The van der Waals surface area contributed by atoms with Crippen molar-refractivity contribution < 1.29 is 17.6 Å². The van der Waals surface area contributed by atoms with Crippen molar-refractivity contribution in [3.8, 4) is 0 Å². The van der Waals surface area contributed by atoms with E-state index < -0.39 is 21.6 Å². The molecule has 1 fully saturated rings. The van der Waals surface area contributed by atoms with Gasteiger partial charge in [-0.25, -0.2) is 13.2 Å². The first-order valence-electron chi connectivity index (χ1n) is 11.6. The summed E-state index contributed by atoms with van der Waals surface area (Å²) in [5.74, 6) is -0.616.